The highest BCUT2D eigenvalue weighted by Crippen LogP contribution is 2.21. The van der Waals surface area contributed by atoms with E-state index in [0.717, 1.165) is 19.5 Å². The minimum Gasteiger partial charge on any atom is -0.467 e. The Morgan fingerprint density at radius 2 is 2.18 bits per heavy atom. The van der Waals surface area contributed by atoms with Crippen molar-refractivity contribution in [2.24, 2.45) is 0 Å². The van der Waals surface area contributed by atoms with E-state index in [4.69, 9.17) is 4.74 Å². The number of carbonyl (C=O) groups is 1. The smallest absolute Gasteiger partial charge is 0.331 e. The SMILES string of the molecule is COC(=O)COC1CCN(c2ccccc2)C1. The second-order valence-electron chi connectivity index (χ2n) is 4.08. The molecule has 1 fully saturated rings. The Morgan fingerprint density at radius 1 is 1.41 bits per heavy atom. The quantitative estimate of drug-likeness (QED) is 0.740. The minimum absolute atomic E-state index is 0.0454. The predicted octanol–water partition coefficient (Wildman–Crippen LogP) is 1.45. The largest absolute Gasteiger partial charge is 0.467 e. The lowest BCUT2D eigenvalue weighted by Gasteiger charge is -2.18. The van der Waals surface area contributed by atoms with E-state index in [-0.39, 0.29) is 18.7 Å². The van der Waals surface area contributed by atoms with Gasteiger partial charge in [-0.2, -0.15) is 0 Å². The number of carbonyl (C=O) groups excluding carboxylic acids is 1. The molecule has 1 aromatic carbocycles. The monoisotopic (exact) mass is 235 g/mol. The van der Waals surface area contributed by atoms with Crippen molar-refractivity contribution in [3.8, 4) is 0 Å². The van der Waals surface area contributed by atoms with Gasteiger partial charge in [0, 0.05) is 18.8 Å². The molecule has 2 rings (SSSR count). The topological polar surface area (TPSA) is 38.8 Å². The molecule has 1 aliphatic rings. The van der Waals surface area contributed by atoms with Gasteiger partial charge in [0.25, 0.3) is 0 Å². The van der Waals surface area contributed by atoms with Crippen molar-refractivity contribution < 1.29 is 14.3 Å². The van der Waals surface area contributed by atoms with E-state index in [1.54, 1.807) is 0 Å². The van der Waals surface area contributed by atoms with Crippen LogP contribution in [0.1, 0.15) is 6.42 Å². The van der Waals surface area contributed by atoms with Crippen LogP contribution in [0, 0.1) is 0 Å². The molecule has 1 unspecified atom stereocenters. The molecular weight excluding hydrogens is 218 g/mol. The second-order valence-corrected chi connectivity index (χ2v) is 4.08. The van der Waals surface area contributed by atoms with Gasteiger partial charge in [0.1, 0.15) is 6.61 Å². The molecule has 0 N–H and O–H groups in total. The number of rotatable bonds is 4. The average molecular weight is 235 g/mol. The van der Waals surface area contributed by atoms with Crippen molar-refractivity contribution in [3.63, 3.8) is 0 Å². The second kappa shape index (κ2) is 5.68. The molecule has 0 aromatic heterocycles. The molecule has 0 radical (unpaired) electrons. The zero-order valence-electron chi connectivity index (χ0n) is 9.96. The molecule has 1 aromatic rings. The van der Waals surface area contributed by atoms with Gasteiger partial charge in [0.15, 0.2) is 0 Å². The van der Waals surface area contributed by atoms with Crippen LogP contribution < -0.4 is 4.90 Å². The van der Waals surface area contributed by atoms with Gasteiger partial charge in [-0.05, 0) is 18.6 Å². The molecule has 4 nitrogen and oxygen atoms in total. The van der Waals surface area contributed by atoms with Gasteiger partial charge in [-0.25, -0.2) is 4.79 Å². The maximum absolute atomic E-state index is 11.0. The number of methoxy groups -OCH3 is 1. The number of nitrogens with zero attached hydrogens (tertiary/aromatic N) is 1. The molecule has 1 atom stereocenters. The Labute approximate surface area is 101 Å². The summed E-state index contributed by atoms with van der Waals surface area (Å²) in [7, 11) is 1.37. The fraction of sp³-hybridized carbons (Fsp3) is 0.462. The van der Waals surface area contributed by atoms with E-state index in [1.165, 1.54) is 12.8 Å². The van der Waals surface area contributed by atoms with Gasteiger partial charge in [0.2, 0.25) is 0 Å². The first kappa shape index (κ1) is 11.9. The number of para-hydroxylation sites is 1. The van der Waals surface area contributed by atoms with Gasteiger partial charge < -0.3 is 14.4 Å². The third-order valence-electron chi connectivity index (χ3n) is 2.93. The van der Waals surface area contributed by atoms with Crippen molar-refractivity contribution >= 4 is 11.7 Å². The van der Waals surface area contributed by atoms with E-state index in [9.17, 15) is 4.79 Å². The van der Waals surface area contributed by atoms with Crippen molar-refractivity contribution in [3.05, 3.63) is 30.3 Å². The maximum atomic E-state index is 11.0. The molecule has 0 aliphatic carbocycles. The van der Waals surface area contributed by atoms with Gasteiger partial charge in [-0.15, -0.1) is 0 Å². The fourth-order valence-corrected chi connectivity index (χ4v) is 1.98. The zero-order valence-corrected chi connectivity index (χ0v) is 9.96. The van der Waals surface area contributed by atoms with E-state index in [2.05, 4.69) is 21.8 Å². The third-order valence-corrected chi connectivity index (χ3v) is 2.93. The Bertz CT molecular complexity index is 366. The number of anilines is 1. The van der Waals surface area contributed by atoms with Gasteiger partial charge in [0.05, 0.1) is 13.2 Å². The van der Waals surface area contributed by atoms with E-state index in [1.807, 2.05) is 18.2 Å². The van der Waals surface area contributed by atoms with Crippen LogP contribution in [0.5, 0.6) is 0 Å². The first-order valence-corrected chi connectivity index (χ1v) is 5.78. The van der Waals surface area contributed by atoms with Crippen LogP contribution >= 0.6 is 0 Å². The molecule has 1 aliphatic heterocycles. The van der Waals surface area contributed by atoms with Crippen molar-refractivity contribution in [2.75, 3.05) is 31.7 Å². The molecule has 1 saturated heterocycles. The zero-order chi connectivity index (χ0) is 12.1. The van der Waals surface area contributed by atoms with E-state index < -0.39 is 0 Å². The lowest BCUT2D eigenvalue weighted by atomic mass is 10.3. The highest BCUT2D eigenvalue weighted by Gasteiger charge is 2.23. The highest BCUT2D eigenvalue weighted by atomic mass is 16.6. The van der Waals surface area contributed by atoms with Crippen molar-refractivity contribution in [1.29, 1.82) is 0 Å². The number of benzene rings is 1. The lowest BCUT2D eigenvalue weighted by molar-refractivity contribution is -0.147. The number of hydrogen-bond donors (Lipinski definition) is 0. The third kappa shape index (κ3) is 3.20. The van der Waals surface area contributed by atoms with Crippen LogP contribution in [0.25, 0.3) is 0 Å². The summed E-state index contributed by atoms with van der Waals surface area (Å²) in [5.74, 6) is -0.317. The summed E-state index contributed by atoms with van der Waals surface area (Å²) in [6.07, 6.45) is 1.07. The molecular formula is C13H17NO3. The Hall–Kier alpha value is -1.55. The van der Waals surface area contributed by atoms with Crippen LogP contribution in [-0.4, -0.2) is 38.9 Å². The molecule has 4 heteroatoms. The normalized spacial score (nSPS) is 19.4. The Morgan fingerprint density at radius 3 is 2.88 bits per heavy atom. The highest BCUT2D eigenvalue weighted by molar-refractivity contribution is 5.70. The van der Waals surface area contributed by atoms with Gasteiger partial charge in [-0.3, -0.25) is 0 Å². The fourth-order valence-electron chi connectivity index (χ4n) is 1.98. The maximum Gasteiger partial charge on any atom is 0.331 e. The van der Waals surface area contributed by atoms with Crippen LogP contribution in [0.3, 0.4) is 0 Å². The standard InChI is InChI=1S/C13H17NO3/c1-16-13(15)10-17-12-7-8-14(9-12)11-5-3-2-4-6-11/h2-6,12H,7-10H2,1H3. The molecule has 0 bridgehead atoms. The van der Waals surface area contributed by atoms with E-state index in [0.29, 0.717) is 0 Å². The number of esters is 1. The first-order valence-electron chi connectivity index (χ1n) is 5.78. The van der Waals surface area contributed by atoms with Gasteiger partial charge >= 0.3 is 5.97 Å². The molecule has 17 heavy (non-hydrogen) atoms. The molecule has 1 heterocycles. The van der Waals surface area contributed by atoms with Crippen LogP contribution in [0.4, 0.5) is 5.69 Å². The summed E-state index contributed by atoms with van der Waals surface area (Å²) in [6.45, 7) is 1.85. The summed E-state index contributed by atoms with van der Waals surface area (Å²) in [6, 6.07) is 10.2. The summed E-state index contributed by atoms with van der Waals surface area (Å²) < 4.78 is 10.0. The summed E-state index contributed by atoms with van der Waals surface area (Å²) >= 11 is 0. The molecule has 0 amide bonds. The average Bonchev–Trinajstić information content (AvgIpc) is 2.86. The lowest BCUT2D eigenvalue weighted by Crippen LogP contribution is -2.24. The minimum atomic E-state index is -0.317. The molecule has 92 valence electrons. The number of hydrogen-bond acceptors (Lipinski definition) is 4. The Balaban J connectivity index is 1.82. The van der Waals surface area contributed by atoms with Crippen LogP contribution in [0.15, 0.2) is 30.3 Å². The van der Waals surface area contributed by atoms with Crippen LogP contribution in [-0.2, 0) is 14.3 Å². The first-order chi connectivity index (χ1) is 8.29. The summed E-state index contributed by atoms with van der Waals surface area (Å²) in [5, 5.41) is 0. The number of ether oxygens (including phenoxy) is 2. The van der Waals surface area contributed by atoms with Gasteiger partial charge in [-0.1, -0.05) is 18.2 Å². The van der Waals surface area contributed by atoms with Crippen molar-refractivity contribution in [2.45, 2.75) is 12.5 Å². The molecule has 0 saturated carbocycles. The van der Waals surface area contributed by atoms with E-state index >= 15 is 0 Å². The van der Waals surface area contributed by atoms with Crippen molar-refractivity contribution in [1.82, 2.24) is 0 Å². The molecule has 0 spiro atoms. The van der Waals surface area contributed by atoms with Crippen LogP contribution in [0.2, 0.25) is 0 Å². The summed E-state index contributed by atoms with van der Waals surface area (Å²) in [5.41, 5.74) is 1.21. The Kier molecular flexibility index (Phi) is 3.98. The predicted molar refractivity (Wildman–Crippen MR) is 65.0 cm³/mol. The summed E-state index contributed by atoms with van der Waals surface area (Å²) in [4.78, 5) is 13.2.